The Morgan fingerprint density at radius 2 is 1.88 bits per heavy atom. The van der Waals surface area contributed by atoms with E-state index < -0.39 is 27.8 Å². The molecule has 0 bridgehead atoms. The van der Waals surface area contributed by atoms with Crippen molar-refractivity contribution in [2.45, 2.75) is 30.2 Å². The van der Waals surface area contributed by atoms with Gasteiger partial charge in [0, 0.05) is 17.3 Å². The second-order valence-electron chi connectivity index (χ2n) is 6.08. The van der Waals surface area contributed by atoms with Crippen molar-refractivity contribution in [3.05, 3.63) is 59.4 Å². The molecule has 0 unspecified atom stereocenters. The molecule has 2 aromatic carbocycles. The molecule has 1 atom stereocenters. The number of carbonyl (C=O) groups excluding carboxylic acids is 1. The number of carbonyl (C=O) groups is 1. The van der Waals surface area contributed by atoms with E-state index in [9.17, 15) is 17.6 Å². The molecule has 0 spiro atoms. The van der Waals surface area contributed by atoms with Gasteiger partial charge < -0.3 is 5.32 Å². The van der Waals surface area contributed by atoms with E-state index in [1.54, 1.807) is 6.07 Å². The van der Waals surface area contributed by atoms with Gasteiger partial charge in [0.2, 0.25) is 15.9 Å². The highest BCUT2D eigenvalue weighted by atomic mass is 35.5. The van der Waals surface area contributed by atoms with E-state index in [4.69, 9.17) is 11.6 Å². The number of hydrogen-bond acceptors (Lipinski definition) is 3. The number of benzene rings is 2. The third-order valence-electron chi connectivity index (χ3n) is 4.27. The summed E-state index contributed by atoms with van der Waals surface area (Å²) in [7, 11) is -3.83. The number of nitrogens with one attached hydrogen (secondary N) is 1. The van der Waals surface area contributed by atoms with Crippen LogP contribution in [-0.4, -0.2) is 31.2 Å². The van der Waals surface area contributed by atoms with Crippen molar-refractivity contribution >= 4 is 33.2 Å². The molecule has 0 aliphatic carbocycles. The number of rotatable bonds is 4. The van der Waals surface area contributed by atoms with Crippen LogP contribution in [0, 0.1) is 5.82 Å². The summed E-state index contributed by atoms with van der Waals surface area (Å²) in [5.74, 6) is -0.940. The highest BCUT2D eigenvalue weighted by Gasteiger charge is 2.37. The average molecular weight is 397 g/mol. The molecule has 1 aliphatic rings. The minimum atomic E-state index is -3.83. The number of piperidine rings is 1. The Hall–Kier alpha value is -1.96. The average Bonchev–Trinajstić information content (AvgIpc) is 2.62. The van der Waals surface area contributed by atoms with Crippen molar-refractivity contribution in [3.8, 4) is 0 Å². The van der Waals surface area contributed by atoms with E-state index in [1.807, 2.05) is 0 Å². The summed E-state index contributed by atoms with van der Waals surface area (Å²) in [5.41, 5.74) is 0.296. The van der Waals surface area contributed by atoms with Crippen LogP contribution in [0.3, 0.4) is 0 Å². The molecule has 0 aromatic heterocycles. The summed E-state index contributed by atoms with van der Waals surface area (Å²) in [5, 5.41) is 3.04. The lowest BCUT2D eigenvalue weighted by Crippen LogP contribution is -2.49. The van der Waals surface area contributed by atoms with Crippen LogP contribution in [0.2, 0.25) is 5.02 Å². The molecule has 0 radical (unpaired) electrons. The lowest BCUT2D eigenvalue weighted by Gasteiger charge is -2.33. The van der Waals surface area contributed by atoms with Gasteiger partial charge in [-0.1, -0.05) is 24.1 Å². The van der Waals surface area contributed by atoms with Crippen LogP contribution in [0.4, 0.5) is 10.1 Å². The molecule has 0 saturated carbocycles. The Labute approximate surface area is 156 Å². The summed E-state index contributed by atoms with van der Waals surface area (Å²) in [6.45, 7) is 0.256. The van der Waals surface area contributed by atoms with Crippen LogP contribution in [-0.2, 0) is 14.8 Å². The van der Waals surface area contributed by atoms with Crippen LogP contribution in [0.15, 0.2) is 53.4 Å². The first kappa shape index (κ1) is 18.8. The minimum absolute atomic E-state index is 0.0901. The van der Waals surface area contributed by atoms with Gasteiger partial charge >= 0.3 is 0 Å². The van der Waals surface area contributed by atoms with Gasteiger partial charge in [-0.15, -0.1) is 0 Å². The van der Waals surface area contributed by atoms with Gasteiger partial charge in [-0.25, -0.2) is 12.8 Å². The molecule has 1 amide bonds. The van der Waals surface area contributed by atoms with Crippen molar-refractivity contribution in [2.24, 2.45) is 0 Å². The molecule has 5 nitrogen and oxygen atoms in total. The molecule has 26 heavy (non-hydrogen) atoms. The molecule has 3 rings (SSSR count). The van der Waals surface area contributed by atoms with Crippen molar-refractivity contribution in [1.29, 1.82) is 0 Å². The summed E-state index contributed by atoms with van der Waals surface area (Å²) >= 11 is 5.83. The predicted octanol–water partition coefficient (Wildman–Crippen LogP) is 3.66. The number of sulfonamides is 1. The topological polar surface area (TPSA) is 66.5 Å². The fourth-order valence-electron chi connectivity index (χ4n) is 2.99. The van der Waals surface area contributed by atoms with E-state index in [-0.39, 0.29) is 11.4 Å². The van der Waals surface area contributed by atoms with E-state index >= 15 is 0 Å². The molecule has 1 N–H and O–H groups in total. The molecule has 8 heteroatoms. The van der Waals surface area contributed by atoms with Crippen LogP contribution < -0.4 is 5.32 Å². The quantitative estimate of drug-likeness (QED) is 0.857. The zero-order valence-corrected chi connectivity index (χ0v) is 15.4. The first-order valence-corrected chi connectivity index (χ1v) is 10.0. The van der Waals surface area contributed by atoms with Gasteiger partial charge in [-0.3, -0.25) is 4.79 Å². The highest BCUT2D eigenvalue weighted by molar-refractivity contribution is 7.89. The van der Waals surface area contributed by atoms with Crippen LogP contribution in [0.1, 0.15) is 19.3 Å². The third-order valence-corrected chi connectivity index (χ3v) is 6.44. The highest BCUT2D eigenvalue weighted by Crippen LogP contribution is 2.27. The molecule has 1 saturated heterocycles. The number of halogens is 2. The molecule has 2 aromatic rings. The van der Waals surface area contributed by atoms with Gasteiger partial charge in [-0.2, -0.15) is 4.31 Å². The molecular weight excluding hydrogens is 379 g/mol. The summed E-state index contributed by atoms with van der Waals surface area (Å²) in [6.07, 6.45) is 1.83. The molecule has 1 aliphatic heterocycles. The van der Waals surface area contributed by atoms with Crippen LogP contribution in [0.25, 0.3) is 0 Å². The fraction of sp³-hybridized carbons (Fsp3) is 0.278. The zero-order chi connectivity index (χ0) is 18.7. The van der Waals surface area contributed by atoms with E-state index in [0.717, 1.165) is 6.42 Å². The smallest absolute Gasteiger partial charge is 0.243 e. The van der Waals surface area contributed by atoms with Gasteiger partial charge in [-0.05, 0) is 55.3 Å². The molecule has 138 valence electrons. The Kier molecular flexibility index (Phi) is 5.60. The molecular formula is C18H18ClFN2O3S. The largest absolute Gasteiger partial charge is 0.325 e. The van der Waals surface area contributed by atoms with Crippen molar-refractivity contribution in [2.75, 3.05) is 11.9 Å². The van der Waals surface area contributed by atoms with E-state index in [2.05, 4.69) is 5.32 Å². The standard InChI is InChI=1S/C18H18ClFN2O3S/c19-13-7-9-16(10-8-13)26(24,25)22-11-2-1-6-17(22)18(23)21-15-5-3-4-14(20)12-15/h3-5,7-10,12,17H,1-2,6,11H2,(H,21,23)/t17-/m0/s1. The maximum atomic E-state index is 13.3. The summed E-state index contributed by atoms with van der Waals surface area (Å²) in [4.78, 5) is 12.8. The maximum absolute atomic E-state index is 13.3. The monoisotopic (exact) mass is 396 g/mol. The number of anilines is 1. The van der Waals surface area contributed by atoms with Gasteiger partial charge in [0.05, 0.1) is 4.90 Å². The Morgan fingerprint density at radius 1 is 1.15 bits per heavy atom. The van der Waals surface area contributed by atoms with Crippen LogP contribution >= 0.6 is 11.6 Å². The summed E-state index contributed by atoms with van der Waals surface area (Å²) < 4.78 is 40.5. The molecule has 1 heterocycles. The van der Waals surface area contributed by atoms with Crippen LogP contribution in [0.5, 0.6) is 0 Å². The van der Waals surface area contributed by atoms with Gasteiger partial charge in [0.1, 0.15) is 11.9 Å². The van der Waals surface area contributed by atoms with Crippen molar-refractivity contribution in [1.82, 2.24) is 4.31 Å². The van der Waals surface area contributed by atoms with Crippen molar-refractivity contribution in [3.63, 3.8) is 0 Å². The third kappa shape index (κ3) is 4.06. The number of hydrogen-bond donors (Lipinski definition) is 1. The second-order valence-corrected chi connectivity index (χ2v) is 8.41. The van der Waals surface area contributed by atoms with E-state index in [1.165, 1.54) is 46.8 Å². The second kappa shape index (κ2) is 7.73. The van der Waals surface area contributed by atoms with Gasteiger partial charge in [0.25, 0.3) is 0 Å². The lowest BCUT2D eigenvalue weighted by atomic mass is 10.0. The SMILES string of the molecule is O=C(Nc1cccc(F)c1)[C@@H]1CCCCN1S(=O)(=O)c1ccc(Cl)cc1. The first-order valence-electron chi connectivity index (χ1n) is 8.22. The summed E-state index contributed by atoms with van der Waals surface area (Å²) in [6, 6.07) is 10.5. The normalized spacial score (nSPS) is 18.5. The van der Waals surface area contributed by atoms with Crippen molar-refractivity contribution < 1.29 is 17.6 Å². The molecule has 1 fully saturated rings. The lowest BCUT2D eigenvalue weighted by molar-refractivity contribution is -0.120. The number of nitrogens with zero attached hydrogens (tertiary/aromatic N) is 1. The van der Waals surface area contributed by atoms with E-state index in [0.29, 0.717) is 23.6 Å². The zero-order valence-electron chi connectivity index (χ0n) is 13.9. The first-order chi connectivity index (χ1) is 12.4. The minimum Gasteiger partial charge on any atom is -0.325 e. The maximum Gasteiger partial charge on any atom is 0.243 e. The Balaban J connectivity index is 1.85. The Morgan fingerprint density at radius 3 is 2.58 bits per heavy atom. The van der Waals surface area contributed by atoms with Gasteiger partial charge in [0.15, 0.2) is 0 Å². The fourth-order valence-corrected chi connectivity index (χ4v) is 4.77. The number of amides is 1. The Bertz CT molecular complexity index is 903. The predicted molar refractivity (Wildman–Crippen MR) is 98.0 cm³/mol.